The van der Waals surface area contributed by atoms with Gasteiger partial charge in [0.2, 0.25) is 0 Å². The molecule has 0 spiro atoms. The molecule has 1 saturated heterocycles. The Hall–Kier alpha value is -0.980. The Bertz CT molecular complexity index is 369. The molecular formula is C14H20O5. The number of aliphatic hydroxyl groups is 2. The van der Waals surface area contributed by atoms with Gasteiger partial charge < -0.3 is 24.4 Å². The van der Waals surface area contributed by atoms with Crippen LogP contribution in [0.25, 0.3) is 0 Å². The molecule has 1 unspecified atom stereocenters. The fraction of sp³-hybridized carbons (Fsp3) is 0.571. The average Bonchev–Trinajstić information content (AvgIpc) is 2.46. The minimum Gasteiger partial charge on any atom is -0.394 e. The maximum atomic E-state index is 9.66. The Morgan fingerprint density at radius 3 is 2.63 bits per heavy atom. The fourth-order valence-electron chi connectivity index (χ4n) is 2.18. The van der Waals surface area contributed by atoms with Gasteiger partial charge in [0.15, 0.2) is 6.29 Å². The summed E-state index contributed by atoms with van der Waals surface area (Å²) in [5.74, 6) is 0. The molecule has 19 heavy (non-hydrogen) atoms. The number of methoxy groups -OCH3 is 1. The topological polar surface area (TPSA) is 68.2 Å². The second-order valence-corrected chi connectivity index (χ2v) is 4.59. The van der Waals surface area contributed by atoms with Gasteiger partial charge in [-0.3, -0.25) is 0 Å². The molecule has 2 N–H and O–H groups in total. The number of hydrogen-bond donors (Lipinski definition) is 2. The highest BCUT2D eigenvalue weighted by molar-refractivity contribution is 5.13. The summed E-state index contributed by atoms with van der Waals surface area (Å²) in [6.45, 7) is 0.255. The van der Waals surface area contributed by atoms with Crippen molar-refractivity contribution in [2.24, 2.45) is 0 Å². The van der Waals surface area contributed by atoms with Crippen LogP contribution in [0, 0.1) is 0 Å². The van der Waals surface area contributed by atoms with Gasteiger partial charge in [0, 0.05) is 13.5 Å². The first-order valence-electron chi connectivity index (χ1n) is 6.37. The number of aliphatic hydroxyl groups excluding tert-OH is 2. The molecule has 0 bridgehead atoms. The largest absolute Gasteiger partial charge is 0.394 e. The van der Waals surface area contributed by atoms with E-state index in [2.05, 4.69) is 0 Å². The lowest BCUT2D eigenvalue weighted by atomic mass is 10.0. The summed E-state index contributed by atoms with van der Waals surface area (Å²) >= 11 is 0. The van der Waals surface area contributed by atoms with E-state index in [1.165, 1.54) is 7.11 Å². The number of hydrogen-bond acceptors (Lipinski definition) is 5. The Labute approximate surface area is 112 Å². The highest BCUT2D eigenvalue weighted by atomic mass is 16.7. The molecule has 0 saturated carbocycles. The molecule has 4 atom stereocenters. The Kier molecular flexibility index (Phi) is 5.30. The second kappa shape index (κ2) is 6.98. The molecule has 1 aliphatic rings. The molecule has 1 aromatic carbocycles. The van der Waals surface area contributed by atoms with Crippen molar-refractivity contribution in [3.63, 3.8) is 0 Å². The molecule has 1 fully saturated rings. The summed E-state index contributed by atoms with van der Waals surface area (Å²) < 4.78 is 16.2. The molecule has 1 heterocycles. The summed E-state index contributed by atoms with van der Waals surface area (Å²) in [5, 5.41) is 18.9. The van der Waals surface area contributed by atoms with Crippen LogP contribution in [-0.4, -0.2) is 48.5 Å². The molecule has 0 aromatic heterocycles. The Balaban J connectivity index is 1.93. The van der Waals surface area contributed by atoms with Gasteiger partial charge in [0.25, 0.3) is 0 Å². The van der Waals surface area contributed by atoms with Gasteiger partial charge >= 0.3 is 0 Å². The average molecular weight is 268 g/mol. The van der Waals surface area contributed by atoms with Gasteiger partial charge in [0.05, 0.1) is 19.3 Å². The molecule has 5 nitrogen and oxygen atoms in total. The second-order valence-electron chi connectivity index (χ2n) is 4.59. The van der Waals surface area contributed by atoms with Crippen LogP contribution in [0.1, 0.15) is 12.0 Å². The Morgan fingerprint density at radius 2 is 2.00 bits per heavy atom. The van der Waals surface area contributed by atoms with Crippen LogP contribution >= 0.6 is 0 Å². The smallest absolute Gasteiger partial charge is 0.181 e. The summed E-state index contributed by atoms with van der Waals surface area (Å²) in [6, 6.07) is 9.78. The summed E-state index contributed by atoms with van der Waals surface area (Å²) in [4.78, 5) is 0. The van der Waals surface area contributed by atoms with E-state index in [0.29, 0.717) is 13.0 Å². The summed E-state index contributed by atoms with van der Waals surface area (Å²) in [5.41, 5.74) is 1.05. The molecule has 1 aromatic rings. The third-order valence-electron chi connectivity index (χ3n) is 3.30. The van der Waals surface area contributed by atoms with Crippen LogP contribution in [0.2, 0.25) is 0 Å². The van der Waals surface area contributed by atoms with Gasteiger partial charge in [-0.25, -0.2) is 0 Å². The molecule has 0 aliphatic carbocycles. The van der Waals surface area contributed by atoms with Crippen molar-refractivity contribution in [3.8, 4) is 0 Å². The highest BCUT2D eigenvalue weighted by Gasteiger charge is 2.37. The lowest BCUT2D eigenvalue weighted by molar-refractivity contribution is -0.265. The van der Waals surface area contributed by atoms with Crippen LogP contribution in [0.4, 0.5) is 0 Å². The van der Waals surface area contributed by atoms with E-state index in [1.807, 2.05) is 30.3 Å². The molecule has 5 heteroatoms. The van der Waals surface area contributed by atoms with Crippen molar-refractivity contribution in [3.05, 3.63) is 35.9 Å². The van der Waals surface area contributed by atoms with Crippen molar-refractivity contribution >= 4 is 0 Å². The molecule has 106 valence electrons. The van der Waals surface area contributed by atoms with Crippen molar-refractivity contribution in [2.75, 3.05) is 13.7 Å². The third-order valence-corrected chi connectivity index (χ3v) is 3.30. The van der Waals surface area contributed by atoms with Crippen LogP contribution < -0.4 is 0 Å². The number of benzene rings is 1. The van der Waals surface area contributed by atoms with E-state index in [4.69, 9.17) is 14.2 Å². The van der Waals surface area contributed by atoms with Crippen molar-refractivity contribution in [1.82, 2.24) is 0 Å². The fourth-order valence-corrected chi connectivity index (χ4v) is 2.18. The Morgan fingerprint density at radius 1 is 1.26 bits per heavy atom. The van der Waals surface area contributed by atoms with Gasteiger partial charge in [-0.15, -0.1) is 0 Å². The minimum absolute atomic E-state index is 0.188. The standard InChI is InChI=1S/C14H20O5/c1-17-12-7-11(13(8-15)19-14(12)16)18-9-10-5-3-2-4-6-10/h2-6,11-16H,7-9H2,1H3/t11-,12+,13+,14?/m0/s1. The highest BCUT2D eigenvalue weighted by Crippen LogP contribution is 2.24. The molecule has 0 amide bonds. The van der Waals surface area contributed by atoms with E-state index < -0.39 is 18.5 Å². The van der Waals surface area contributed by atoms with Crippen molar-refractivity contribution in [2.45, 2.75) is 37.6 Å². The molecule has 1 aliphatic heterocycles. The zero-order valence-corrected chi connectivity index (χ0v) is 10.9. The monoisotopic (exact) mass is 268 g/mol. The quantitative estimate of drug-likeness (QED) is 0.822. The van der Waals surface area contributed by atoms with Crippen LogP contribution in [0.15, 0.2) is 30.3 Å². The van der Waals surface area contributed by atoms with Crippen LogP contribution in [0.3, 0.4) is 0 Å². The number of ether oxygens (including phenoxy) is 3. The van der Waals surface area contributed by atoms with Gasteiger partial charge in [-0.1, -0.05) is 30.3 Å². The summed E-state index contributed by atoms with van der Waals surface area (Å²) in [7, 11) is 1.52. The minimum atomic E-state index is -1.02. The van der Waals surface area contributed by atoms with Gasteiger partial charge in [-0.2, -0.15) is 0 Å². The molecular weight excluding hydrogens is 248 g/mol. The van der Waals surface area contributed by atoms with Crippen molar-refractivity contribution in [1.29, 1.82) is 0 Å². The zero-order chi connectivity index (χ0) is 13.7. The normalized spacial score (nSPS) is 31.3. The lowest BCUT2D eigenvalue weighted by Gasteiger charge is -2.37. The van der Waals surface area contributed by atoms with Crippen LogP contribution in [-0.2, 0) is 20.8 Å². The first-order chi connectivity index (χ1) is 9.24. The summed E-state index contributed by atoms with van der Waals surface area (Å²) in [6.07, 6.45) is -1.76. The maximum absolute atomic E-state index is 9.66. The van der Waals surface area contributed by atoms with E-state index in [9.17, 15) is 10.2 Å². The van der Waals surface area contributed by atoms with E-state index >= 15 is 0 Å². The zero-order valence-electron chi connectivity index (χ0n) is 10.9. The van der Waals surface area contributed by atoms with Gasteiger partial charge in [-0.05, 0) is 5.56 Å². The van der Waals surface area contributed by atoms with E-state index in [0.717, 1.165) is 5.56 Å². The lowest BCUT2D eigenvalue weighted by Crippen LogP contribution is -2.50. The predicted octanol–water partition coefficient (Wildman–Crippen LogP) is 0.686. The van der Waals surface area contributed by atoms with Gasteiger partial charge in [0.1, 0.15) is 12.2 Å². The maximum Gasteiger partial charge on any atom is 0.181 e. The third kappa shape index (κ3) is 3.75. The number of rotatable bonds is 5. The molecule has 2 rings (SSSR count). The first-order valence-corrected chi connectivity index (χ1v) is 6.37. The van der Waals surface area contributed by atoms with E-state index in [1.54, 1.807) is 0 Å². The van der Waals surface area contributed by atoms with E-state index in [-0.39, 0.29) is 12.7 Å². The molecule has 0 radical (unpaired) electrons. The SMILES string of the molecule is CO[C@@H]1C[C@H](OCc2ccccc2)[C@@H](CO)OC1O. The predicted molar refractivity (Wildman–Crippen MR) is 68.4 cm³/mol. The van der Waals surface area contributed by atoms with Crippen molar-refractivity contribution < 1.29 is 24.4 Å². The first kappa shape index (κ1) is 14.4. The van der Waals surface area contributed by atoms with Crippen LogP contribution in [0.5, 0.6) is 0 Å².